The van der Waals surface area contributed by atoms with Crippen LogP contribution in [0.25, 0.3) is 0 Å². The highest BCUT2D eigenvalue weighted by atomic mass is 35.5. The molecule has 1 aromatic carbocycles. The van der Waals surface area contributed by atoms with E-state index in [0.29, 0.717) is 5.92 Å². The zero-order valence-electron chi connectivity index (χ0n) is 11.9. The second-order valence-corrected chi connectivity index (χ2v) is 5.00. The fraction of sp³-hybridized carbons (Fsp3) is 0.500. The van der Waals surface area contributed by atoms with Crippen LogP contribution in [0.1, 0.15) is 37.0 Å². The summed E-state index contributed by atoms with van der Waals surface area (Å²) >= 11 is 6.24. The minimum atomic E-state index is 0.315. The van der Waals surface area contributed by atoms with E-state index in [1.165, 1.54) is 5.56 Å². The summed E-state index contributed by atoms with van der Waals surface area (Å²) in [6, 6.07) is 1.96. The molecule has 1 nitrogen and oxygen atoms in total. The summed E-state index contributed by atoms with van der Waals surface area (Å²) in [5.41, 5.74) is 3.36. The van der Waals surface area contributed by atoms with Crippen LogP contribution in [0.2, 0.25) is 5.02 Å². The van der Waals surface area contributed by atoms with Crippen molar-refractivity contribution in [2.45, 2.75) is 40.5 Å². The van der Waals surface area contributed by atoms with Gasteiger partial charge in [0.25, 0.3) is 0 Å². The third-order valence-corrected chi connectivity index (χ3v) is 3.42. The Morgan fingerprint density at radius 1 is 1.39 bits per heavy atom. The summed E-state index contributed by atoms with van der Waals surface area (Å²) < 4.78 is 5.51. The quantitative estimate of drug-likeness (QED) is 0.728. The van der Waals surface area contributed by atoms with Crippen LogP contribution < -0.4 is 4.74 Å². The van der Waals surface area contributed by atoms with Crippen molar-refractivity contribution in [3.8, 4) is 17.6 Å². The smallest absolute Gasteiger partial charge is 0.125 e. The van der Waals surface area contributed by atoms with Crippen LogP contribution in [0.4, 0.5) is 0 Å². The predicted molar refractivity (Wildman–Crippen MR) is 78.4 cm³/mol. The van der Waals surface area contributed by atoms with E-state index in [9.17, 15) is 0 Å². The van der Waals surface area contributed by atoms with Crippen LogP contribution in [-0.4, -0.2) is 7.11 Å². The van der Waals surface area contributed by atoms with Gasteiger partial charge in [0.2, 0.25) is 0 Å². The van der Waals surface area contributed by atoms with Gasteiger partial charge in [-0.3, -0.25) is 0 Å². The zero-order valence-corrected chi connectivity index (χ0v) is 12.6. The molecular formula is C16H21ClO. The molecule has 0 fully saturated rings. The second-order valence-electron chi connectivity index (χ2n) is 4.59. The average Bonchev–Trinajstić information content (AvgIpc) is 2.33. The molecule has 1 aromatic rings. The van der Waals surface area contributed by atoms with Gasteiger partial charge in [0.15, 0.2) is 0 Å². The molecule has 0 aliphatic rings. The molecule has 98 valence electrons. The molecule has 0 spiro atoms. The Balaban J connectivity index is 3.14. The number of halogens is 1. The van der Waals surface area contributed by atoms with Crippen LogP contribution in [0, 0.1) is 31.6 Å². The lowest BCUT2D eigenvalue weighted by Crippen LogP contribution is -2.04. The second kappa shape index (κ2) is 6.71. The number of aryl methyl sites for hydroxylation is 1. The Labute approximate surface area is 115 Å². The highest BCUT2D eigenvalue weighted by molar-refractivity contribution is 6.31. The van der Waals surface area contributed by atoms with Crippen LogP contribution in [0.5, 0.6) is 5.75 Å². The van der Waals surface area contributed by atoms with Gasteiger partial charge in [-0.25, -0.2) is 0 Å². The van der Waals surface area contributed by atoms with Gasteiger partial charge in [0.1, 0.15) is 5.75 Å². The summed E-state index contributed by atoms with van der Waals surface area (Å²) in [4.78, 5) is 0. The number of hydrogen-bond donors (Lipinski definition) is 0. The van der Waals surface area contributed by atoms with Crippen molar-refractivity contribution >= 4 is 11.6 Å². The van der Waals surface area contributed by atoms with Gasteiger partial charge in [-0.05, 0) is 43.0 Å². The number of rotatable bonds is 3. The van der Waals surface area contributed by atoms with Gasteiger partial charge in [0.05, 0.1) is 7.11 Å². The van der Waals surface area contributed by atoms with E-state index in [4.69, 9.17) is 16.3 Å². The molecule has 18 heavy (non-hydrogen) atoms. The molecule has 0 aliphatic heterocycles. The van der Waals surface area contributed by atoms with Crippen molar-refractivity contribution in [3.05, 3.63) is 27.8 Å². The van der Waals surface area contributed by atoms with E-state index in [-0.39, 0.29) is 0 Å². The standard InChI is InChI=1S/C16H21ClO/c1-6-7-8-11(2)9-14-13(4)15(17)10-12(3)16(14)18-5/h10-11H,6,9H2,1-5H3. The molecule has 0 N–H and O–H groups in total. The highest BCUT2D eigenvalue weighted by Gasteiger charge is 2.15. The molecule has 0 aliphatic carbocycles. The minimum Gasteiger partial charge on any atom is -0.496 e. The van der Waals surface area contributed by atoms with Crippen molar-refractivity contribution in [1.82, 2.24) is 0 Å². The lowest BCUT2D eigenvalue weighted by molar-refractivity contribution is 0.404. The molecule has 2 heteroatoms. The first-order valence-corrected chi connectivity index (χ1v) is 6.70. The summed E-state index contributed by atoms with van der Waals surface area (Å²) in [7, 11) is 1.71. The van der Waals surface area contributed by atoms with Gasteiger partial charge in [-0.15, -0.1) is 5.92 Å². The van der Waals surface area contributed by atoms with Crippen LogP contribution in [0.3, 0.4) is 0 Å². The first-order valence-electron chi connectivity index (χ1n) is 6.32. The molecular weight excluding hydrogens is 244 g/mol. The van der Waals surface area contributed by atoms with Crippen molar-refractivity contribution in [2.75, 3.05) is 7.11 Å². The van der Waals surface area contributed by atoms with Gasteiger partial charge in [-0.2, -0.15) is 0 Å². The maximum Gasteiger partial charge on any atom is 0.125 e. The Kier molecular flexibility index (Phi) is 5.56. The van der Waals surface area contributed by atoms with Crippen LogP contribution in [0.15, 0.2) is 6.07 Å². The summed E-state index contributed by atoms with van der Waals surface area (Å²) in [5, 5.41) is 0.805. The molecule has 1 unspecified atom stereocenters. The maximum absolute atomic E-state index is 6.24. The molecule has 0 aromatic heterocycles. The maximum atomic E-state index is 6.24. The lowest BCUT2D eigenvalue weighted by atomic mass is 9.94. The van der Waals surface area contributed by atoms with E-state index in [0.717, 1.165) is 34.7 Å². The van der Waals surface area contributed by atoms with Crippen molar-refractivity contribution in [2.24, 2.45) is 5.92 Å². The van der Waals surface area contributed by atoms with Crippen molar-refractivity contribution in [1.29, 1.82) is 0 Å². The van der Waals surface area contributed by atoms with E-state index in [1.807, 2.05) is 19.9 Å². The molecule has 1 atom stereocenters. The Morgan fingerprint density at radius 2 is 2.06 bits per heavy atom. The zero-order chi connectivity index (χ0) is 13.7. The van der Waals surface area contributed by atoms with Crippen molar-refractivity contribution < 1.29 is 4.74 Å². The van der Waals surface area contributed by atoms with Gasteiger partial charge < -0.3 is 4.74 Å². The molecule has 0 radical (unpaired) electrons. The fourth-order valence-electron chi connectivity index (χ4n) is 2.08. The summed E-state index contributed by atoms with van der Waals surface area (Å²) in [5.74, 6) is 7.64. The predicted octanol–water partition coefficient (Wildman–Crippen LogP) is 4.56. The minimum absolute atomic E-state index is 0.315. The topological polar surface area (TPSA) is 9.23 Å². The van der Waals surface area contributed by atoms with Gasteiger partial charge in [-0.1, -0.05) is 31.4 Å². The van der Waals surface area contributed by atoms with E-state index in [2.05, 4.69) is 25.7 Å². The number of hydrogen-bond acceptors (Lipinski definition) is 1. The number of ether oxygens (including phenoxy) is 1. The summed E-state index contributed by atoms with van der Waals surface area (Å²) in [6.45, 7) is 8.27. The van der Waals surface area contributed by atoms with Gasteiger partial charge >= 0.3 is 0 Å². The average molecular weight is 265 g/mol. The highest BCUT2D eigenvalue weighted by Crippen LogP contribution is 2.33. The fourth-order valence-corrected chi connectivity index (χ4v) is 2.36. The van der Waals surface area contributed by atoms with Crippen LogP contribution >= 0.6 is 11.6 Å². The molecule has 0 heterocycles. The Morgan fingerprint density at radius 3 is 2.61 bits per heavy atom. The monoisotopic (exact) mass is 264 g/mol. The van der Waals surface area contributed by atoms with E-state index < -0.39 is 0 Å². The van der Waals surface area contributed by atoms with Crippen LogP contribution in [-0.2, 0) is 6.42 Å². The third-order valence-electron chi connectivity index (χ3n) is 3.03. The number of benzene rings is 1. The van der Waals surface area contributed by atoms with E-state index in [1.54, 1.807) is 7.11 Å². The summed E-state index contributed by atoms with van der Waals surface area (Å²) in [6.07, 6.45) is 1.78. The Bertz CT molecular complexity index is 480. The van der Waals surface area contributed by atoms with Gasteiger partial charge in [0, 0.05) is 17.4 Å². The lowest BCUT2D eigenvalue weighted by Gasteiger charge is -2.17. The normalized spacial score (nSPS) is 11.7. The largest absolute Gasteiger partial charge is 0.496 e. The molecule has 0 amide bonds. The molecule has 0 saturated carbocycles. The number of methoxy groups -OCH3 is 1. The van der Waals surface area contributed by atoms with E-state index >= 15 is 0 Å². The van der Waals surface area contributed by atoms with Crippen molar-refractivity contribution in [3.63, 3.8) is 0 Å². The first kappa shape index (κ1) is 14.9. The molecule has 1 rings (SSSR count). The first-order chi connectivity index (χ1) is 8.51. The Hall–Kier alpha value is -1.13. The SMILES string of the molecule is CCC#CC(C)Cc1c(C)c(Cl)cc(C)c1OC. The molecule has 0 saturated heterocycles. The molecule has 0 bridgehead atoms. The third kappa shape index (κ3) is 3.43.